The first-order valence-corrected chi connectivity index (χ1v) is 5.79. The van der Waals surface area contributed by atoms with Gasteiger partial charge in [0.1, 0.15) is 0 Å². The van der Waals surface area contributed by atoms with Gasteiger partial charge in [0.2, 0.25) is 5.91 Å². The standard InChI is InChI=1S/C11H15NO2S/c1-9(13)7-12-11(14)8-15-10-5-3-2-4-6-10/h2-6,9,13H,7-8H2,1H3,(H,12,14)/t9-/m0/s1. The molecule has 0 unspecified atom stereocenters. The zero-order valence-electron chi connectivity index (χ0n) is 8.64. The number of nitrogens with one attached hydrogen (secondary N) is 1. The van der Waals surface area contributed by atoms with Crippen molar-refractivity contribution in [2.75, 3.05) is 12.3 Å². The Bertz CT molecular complexity index is 301. The molecule has 1 aromatic rings. The van der Waals surface area contributed by atoms with E-state index in [1.54, 1.807) is 6.92 Å². The van der Waals surface area contributed by atoms with Crippen LogP contribution in [0.2, 0.25) is 0 Å². The molecule has 4 heteroatoms. The highest BCUT2D eigenvalue weighted by Gasteiger charge is 2.03. The molecular formula is C11H15NO2S. The third kappa shape index (κ3) is 5.44. The minimum Gasteiger partial charge on any atom is -0.392 e. The first-order valence-electron chi connectivity index (χ1n) is 4.81. The number of aliphatic hydroxyl groups excluding tert-OH is 1. The van der Waals surface area contributed by atoms with E-state index in [9.17, 15) is 4.79 Å². The SMILES string of the molecule is C[C@H](O)CNC(=O)CSc1ccccc1. The average molecular weight is 225 g/mol. The lowest BCUT2D eigenvalue weighted by atomic mass is 10.4. The number of hydrogen-bond donors (Lipinski definition) is 2. The third-order valence-corrected chi connectivity index (χ3v) is 2.72. The molecule has 0 aliphatic carbocycles. The number of rotatable bonds is 5. The monoisotopic (exact) mass is 225 g/mol. The molecule has 2 N–H and O–H groups in total. The second-order valence-corrected chi connectivity index (χ2v) is 4.30. The first-order chi connectivity index (χ1) is 7.18. The maximum Gasteiger partial charge on any atom is 0.230 e. The molecule has 0 saturated carbocycles. The van der Waals surface area contributed by atoms with Gasteiger partial charge in [0.25, 0.3) is 0 Å². The molecule has 82 valence electrons. The molecule has 0 bridgehead atoms. The summed E-state index contributed by atoms with van der Waals surface area (Å²) < 4.78 is 0. The van der Waals surface area contributed by atoms with Crippen LogP contribution in [0.4, 0.5) is 0 Å². The van der Waals surface area contributed by atoms with Crippen molar-refractivity contribution in [3.8, 4) is 0 Å². The maximum atomic E-state index is 11.3. The van der Waals surface area contributed by atoms with E-state index in [1.165, 1.54) is 11.8 Å². The van der Waals surface area contributed by atoms with E-state index in [2.05, 4.69) is 5.32 Å². The minimum absolute atomic E-state index is 0.0512. The molecule has 0 heterocycles. The Balaban J connectivity index is 2.23. The molecule has 0 radical (unpaired) electrons. The van der Waals surface area contributed by atoms with Crippen molar-refractivity contribution in [3.63, 3.8) is 0 Å². The van der Waals surface area contributed by atoms with Crippen LogP contribution in [0.25, 0.3) is 0 Å². The third-order valence-electron chi connectivity index (χ3n) is 1.71. The fourth-order valence-electron chi connectivity index (χ4n) is 0.978. The number of benzene rings is 1. The molecule has 0 aliphatic heterocycles. The summed E-state index contributed by atoms with van der Waals surface area (Å²) in [7, 11) is 0. The van der Waals surface area contributed by atoms with Crippen molar-refractivity contribution < 1.29 is 9.90 Å². The van der Waals surface area contributed by atoms with Crippen LogP contribution in [-0.4, -0.2) is 29.4 Å². The van der Waals surface area contributed by atoms with Crippen LogP contribution in [0, 0.1) is 0 Å². The molecule has 0 fully saturated rings. The molecule has 0 spiro atoms. The van der Waals surface area contributed by atoms with Crippen molar-refractivity contribution in [1.29, 1.82) is 0 Å². The number of thioether (sulfide) groups is 1. The van der Waals surface area contributed by atoms with Crippen LogP contribution in [0.1, 0.15) is 6.92 Å². The van der Waals surface area contributed by atoms with Gasteiger partial charge in [-0.1, -0.05) is 18.2 Å². The number of carbonyl (C=O) groups excluding carboxylic acids is 1. The average Bonchev–Trinajstić information content (AvgIpc) is 2.25. The molecular weight excluding hydrogens is 210 g/mol. The Morgan fingerprint density at radius 1 is 1.47 bits per heavy atom. The summed E-state index contributed by atoms with van der Waals surface area (Å²) in [6, 6.07) is 9.75. The van der Waals surface area contributed by atoms with Crippen LogP contribution in [0.5, 0.6) is 0 Å². The van der Waals surface area contributed by atoms with Gasteiger partial charge in [-0.15, -0.1) is 11.8 Å². The summed E-state index contributed by atoms with van der Waals surface area (Å²) in [6.07, 6.45) is -0.490. The zero-order chi connectivity index (χ0) is 11.1. The smallest absolute Gasteiger partial charge is 0.230 e. The van der Waals surface area contributed by atoms with Crippen LogP contribution in [0.3, 0.4) is 0 Å². The number of hydrogen-bond acceptors (Lipinski definition) is 3. The minimum atomic E-state index is -0.490. The largest absolute Gasteiger partial charge is 0.392 e. The summed E-state index contributed by atoms with van der Waals surface area (Å²) >= 11 is 1.49. The van der Waals surface area contributed by atoms with Crippen LogP contribution in [0.15, 0.2) is 35.2 Å². The highest BCUT2D eigenvalue weighted by atomic mass is 32.2. The Kier molecular flexibility index (Phi) is 5.21. The summed E-state index contributed by atoms with van der Waals surface area (Å²) in [5, 5.41) is 11.6. The van der Waals surface area contributed by atoms with Gasteiger partial charge in [-0.3, -0.25) is 4.79 Å². The van der Waals surface area contributed by atoms with Crippen molar-refractivity contribution in [2.24, 2.45) is 0 Å². The molecule has 0 aliphatic rings. The van der Waals surface area contributed by atoms with Crippen LogP contribution in [-0.2, 0) is 4.79 Å². The summed E-state index contributed by atoms with van der Waals surface area (Å²) in [5.41, 5.74) is 0. The lowest BCUT2D eigenvalue weighted by molar-refractivity contribution is -0.118. The lowest BCUT2D eigenvalue weighted by Gasteiger charge is -2.06. The van der Waals surface area contributed by atoms with E-state index in [0.717, 1.165) is 4.90 Å². The zero-order valence-corrected chi connectivity index (χ0v) is 9.46. The Morgan fingerprint density at radius 2 is 2.13 bits per heavy atom. The van der Waals surface area contributed by atoms with Crippen molar-refractivity contribution in [3.05, 3.63) is 30.3 Å². The van der Waals surface area contributed by atoms with Gasteiger partial charge < -0.3 is 10.4 Å². The fourth-order valence-corrected chi connectivity index (χ4v) is 1.73. The van der Waals surface area contributed by atoms with E-state index in [-0.39, 0.29) is 5.91 Å². The molecule has 1 aromatic carbocycles. The Hall–Kier alpha value is -1.00. The van der Waals surface area contributed by atoms with E-state index in [0.29, 0.717) is 12.3 Å². The summed E-state index contributed by atoms with van der Waals surface area (Å²) in [5.74, 6) is 0.334. The van der Waals surface area contributed by atoms with E-state index in [1.807, 2.05) is 30.3 Å². The quantitative estimate of drug-likeness (QED) is 0.742. The van der Waals surface area contributed by atoms with E-state index < -0.39 is 6.10 Å². The molecule has 15 heavy (non-hydrogen) atoms. The van der Waals surface area contributed by atoms with E-state index >= 15 is 0 Å². The van der Waals surface area contributed by atoms with Gasteiger partial charge in [0, 0.05) is 11.4 Å². The Morgan fingerprint density at radius 3 is 2.73 bits per heavy atom. The fraction of sp³-hybridized carbons (Fsp3) is 0.364. The summed E-state index contributed by atoms with van der Waals surface area (Å²) in [6.45, 7) is 1.96. The normalized spacial score (nSPS) is 12.1. The van der Waals surface area contributed by atoms with Gasteiger partial charge in [0.15, 0.2) is 0 Å². The first kappa shape index (κ1) is 12.1. The molecule has 3 nitrogen and oxygen atoms in total. The highest BCUT2D eigenvalue weighted by molar-refractivity contribution is 8.00. The van der Waals surface area contributed by atoms with Crippen molar-refractivity contribution >= 4 is 17.7 Å². The maximum absolute atomic E-state index is 11.3. The predicted molar refractivity (Wildman–Crippen MR) is 61.9 cm³/mol. The molecule has 0 aromatic heterocycles. The topological polar surface area (TPSA) is 49.3 Å². The molecule has 1 atom stereocenters. The van der Waals surface area contributed by atoms with Crippen molar-refractivity contribution in [1.82, 2.24) is 5.32 Å². The highest BCUT2D eigenvalue weighted by Crippen LogP contribution is 2.15. The van der Waals surface area contributed by atoms with Crippen LogP contribution >= 0.6 is 11.8 Å². The van der Waals surface area contributed by atoms with Gasteiger partial charge in [-0.2, -0.15) is 0 Å². The van der Waals surface area contributed by atoms with Gasteiger partial charge in [-0.25, -0.2) is 0 Å². The molecule has 1 rings (SSSR count). The predicted octanol–water partition coefficient (Wildman–Crippen LogP) is 1.28. The molecule has 1 amide bonds. The van der Waals surface area contributed by atoms with Gasteiger partial charge in [0.05, 0.1) is 11.9 Å². The number of aliphatic hydroxyl groups is 1. The molecule has 0 saturated heterocycles. The van der Waals surface area contributed by atoms with E-state index in [4.69, 9.17) is 5.11 Å². The number of amides is 1. The van der Waals surface area contributed by atoms with Crippen LogP contribution < -0.4 is 5.32 Å². The number of carbonyl (C=O) groups is 1. The second-order valence-electron chi connectivity index (χ2n) is 3.25. The summed E-state index contributed by atoms with van der Waals surface area (Å²) in [4.78, 5) is 12.4. The lowest BCUT2D eigenvalue weighted by Crippen LogP contribution is -2.31. The Labute approximate surface area is 93.9 Å². The second kappa shape index (κ2) is 6.48. The van der Waals surface area contributed by atoms with Gasteiger partial charge >= 0.3 is 0 Å². The van der Waals surface area contributed by atoms with Crippen molar-refractivity contribution in [2.45, 2.75) is 17.9 Å². The van der Waals surface area contributed by atoms with Gasteiger partial charge in [-0.05, 0) is 19.1 Å².